The maximum Gasteiger partial charge on any atom is 0.0438 e. The van der Waals surface area contributed by atoms with Crippen molar-refractivity contribution < 1.29 is 0 Å². The predicted octanol–water partition coefficient (Wildman–Crippen LogP) is 7.92. The van der Waals surface area contributed by atoms with Crippen molar-refractivity contribution >= 4 is 5.69 Å². The average Bonchev–Trinajstić information content (AvgIpc) is 3.14. The van der Waals surface area contributed by atoms with Crippen LogP contribution in [0.5, 0.6) is 0 Å². The van der Waals surface area contributed by atoms with Gasteiger partial charge in [-0.15, -0.1) is 0 Å². The van der Waals surface area contributed by atoms with Gasteiger partial charge in [-0.3, -0.25) is 0 Å². The number of allylic oxidation sites excluding steroid dienone is 3. The molecule has 0 amide bonds. The van der Waals surface area contributed by atoms with E-state index >= 15 is 0 Å². The highest BCUT2D eigenvalue weighted by Gasteiger charge is 2.57. The maximum atomic E-state index is 2.51. The molecule has 1 heteroatoms. The molecule has 1 aromatic carbocycles. The van der Waals surface area contributed by atoms with E-state index in [9.17, 15) is 0 Å². The van der Waals surface area contributed by atoms with Gasteiger partial charge in [-0.1, -0.05) is 87.0 Å². The molecular weight excluding hydrogens is 350 g/mol. The number of rotatable bonds is 5. The van der Waals surface area contributed by atoms with Crippen LogP contribution in [0, 0.1) is 23.7 Å². The van der Waals surface area contributed by atoms with Crippen LogP contribution in [0.2, 0.25) is 0 Å². The van der Waals surface area contributed by atoms with E-state index in [0.717, 1.165) is 6.42 Å². The molecule has 160 valence electrons. The van der Waals surface area contributed by atoms with Gasteiger partial charge in [0.2, 0.25) is 0 Å². The van der Waals surface area contributed by atoms with Gasteiger partial charge >= 0.3 is 0 Å². The van der Waals surface area contributed by atoms with Crippen LogP contribution in [0.3, 0.4) is 0 Å². The lowest BCUT2D eigenvalue weighted by Gasteiger charge is -2.44. The Bertz CT molecular complexity index is 865. The van der Waals surface area contributed by atoms with Crippen molar-refractivity contribution in [1.29, 1.82) is 0 Å². The number of fused-ring (bicyclic) bond motifs is 1. The predicted molar refractivity (Wildman–Crippen MR) is 129 cm³/mol. The van der Waals surface area contributed by atoms with Gasteiger partial charge in [0.05, 0.1) is 0 Å². The summed E-state index contributed by atoms with van der Waals surface area (Å²) < 4.78 is 0. The molecule has 1 aromatic rings. The molecule has 0 N–H and O–H groups in total. The summed E-state index contributed by atoms with van der Waals surface area (Å²) in [5.41, 5.74) is 7.89. The molecule has 0 spiro atoms. The lowest BCUT2D eigenvalue weighted by molar-refractivity contribution is 0.125. The Morgan fingerprint density at radius 1 is 0.931 bits per heavy atom. The second-order valence-corrected chi connectivity index (χ2v) is 11.2. The average molecular weight is 394 g/mol. The Balaban J connectivity index is 2.14. The third-order valence-electron chi connectivity index (χ3n) is 9.73. The molecule has 2 aliphatic rings. The van der Waals surface area contributed by atoms with Crippen LogP contribution in [0.1, 0.15) is 91.8 Å². The van der Waals surface area contributed by atoms with Crippen LogP contribution in [0.4, 0.5) is 5.69 Å². The Kier molecular flexibility index (Phi) is 5.17. The minimum atomic E-state index is 0.135. The van der Waals surface area contributed by atoms with Crippen LogP contribution in [0.25, 0.3) is 0 Å². The molecule has 0 radical (unpaired) electrons. The summed E-state index contributed by atoms with van der Waals surface area (Å²) in [7, 11) is 2.28. The zero-order chi connectivity index (χ0) is 22.0. The highest BCUT2D eigenvalue weighted by atomic mass is 15.1. The topological polar surface area (TPSA) is 3.24 Å². The molecule has 0 saturated heterocycles. The number of nitrogens with zero attached hydrogens (tertiary/aromatic N) is 1. The van der Waals surface area contributed by atoms with E-state index in [1.54, 1.807) is 0 Å². The van der Waals surface area contributed by atoms with E-state index in [4.69, 9.17) is 0 Å². The number of anilines is 1. The highest BCUT2D eigenvalue weighted by Crippen LogP contribution is 2.62. The Hall–Kier alpha value is -1.50. The van der Waals surface area contributed by atoms with Gasteiger partial charge in [-0.2, -0.15) is 0 Å². The summed E-state index contributed by atoms with van der Waals surface area (Å²) in [6.07, 6.45) is 9.42. The third-order valence-corrected chi connectivity index (χ3v) is 9.73. The van der Waals surface area contributed by atoms with Crippen molar-refractivity contribution in [2.45, 2.75) is 92.9 Å². The van der Waals surface area contributed by atoms with Gasteiger partial charge in [0.15, 0.2) is 0 Å². The molecule has 0 bridgehead atoms. The first-order valence-electron chi connectivity index (χ1n) is 11.6. The molecule has 29 heavy (non-hydrogen) atoms. The first-order valence-corrected chi connectivity index (χ1v) is 11.6. The fourth-order valence-electron chi connectivity index (χ4n) is 6.08. The standard InChI is InChI=1S/C28H43N/c1-12-20(4)28(13-2)16-14-15-24(28)29(11)23-18-22-21(17-19(23)3)25(5,6)27(9,10)26(22,7)8/h14-18,20H,12-13H2,1-11H3. The van der Waals surface area contributed by atoms with Crippen molar-refractivity contribution in [2.75, 3.05) is 11.9 Å². The van der Waals surface area contributed by atoms with E-state index in [1.165, 1.54) is 34.5 Å². The van der Waals surface area contributed by atoms with E-state index in [-0.39, 0.29) is 21.7 Å². The summed E-state index contributed by atoms with van der Waals surface area (Å²) in [6.45, 7) is 24.0. The molecule has 1 nitrogen and oxygen atoms in total. The smallest absolute Gasteiger partial charge is 0.0438 e. The second kappa shape index (κ2) is 6.76. The molecular formula is C28H43N. The van der Waals surface area contributed by atoms with Gasteiger partial charge in [-0.05, 0) is 64.3 Å². The summed E-state index contributed by atoms with van der Waals surface area (Å²) in [4.78, 5) is 2.49. The van der Waals surface area contributed by atoms with Crippen LogP contribution in [0.15, 0.2) is 36.1 Å². The maximum absolute atomic E-state index is 2.51. The van der Waals surface area contributed by atoms with Gasteiger partial charge in [0, 0.05) is 23.8 Å². The van der Waals surface area contributed by atoms with Crippen molar-refractivity contribution in [1.82, 2.24) is 0 Å². The van der Waals surface area contributed by atoms with Crippen LogP contribution >= 0.6 is 0 Å². The first-order chi connectivity index (χ1) is 13.3. The minimum absolute atomic E-state index is 0.135. The number of hydrogen-bond acceptors (Lipinski definition) is 1. The molecule has 3 rings (SSSR count). The number of hydrogen-bond donors (Lipinski definition) is 0. The molecule has 0 aromatic heterocycles. The van der Waals surface area contributed by atoms with E-state index < -0.39 is 0 Å². The number of aryl methyl sites for hydroxylation is 1. The molecule has 2 aliphatic carbocycles. The van der Waals surface area contributed by atoms with Crippen molar-refractivity contribution in [3.8, 4) is 0 Å². The zero-order valence-corrected chi connectivity index (χ0v) is 20.8. The highest BCUT2D eigenvalue weighted by molar-refractivity contribution is 5.66. The fourth-order valence-corrected chi connectivity index (χ4v) is 6.08. The second-order valence-electron chi connectivity index (χ2n) is 11.2. The van der Waals surface area contributed by atoms with E-state index in [1.807, 2.05) is 0 Å². The Morgan fingerprint density at radius 2 is 1.48 bits per heavy atom. The van der Waals surface area contributed by atoms with Crippen LogP contribution in [-0.4, -0.2) is 7.05 Å². The van der Waals surface area contributed by atoms with Gasteiger partial charge in [-0.25, -0.2) is 0 Å². The molecule has 0 heterocycles. The largest absolute Gasteiger partial charge is 0.347 e. The first kappa shape index (κ1) is 22.2. The summed E-state index contributed by atoms with van der Waals surface area (Å²) in [5, 5.41) is 0. The lowest BCUT2D eigenvalue weighted by atomic mass is 9.59. The summed E-state index contributed by atoms with van der Waals surface area (Å²) in [6, 6.07) is 4.99. The third kappa shape index (κ3) is 2.72. The molecule has 0 saturated carbocycles. The SMILES string of the molecule is CCC(C)C1(CC)C=CC=C1N(C)c1cc2c(cc1C)C(C)(C)C(C)(C)C2(C)C. The van der Waals surface area contributed by atoms with Crippen LogP contribution < -0.4 is 4.90 Å². The van der Waals surface area contributed by atoms with Crippen molar-refractivity contribution in [2.24, 2.45) is 16.7 Å². The lowest BCUT2D eigenvalue weighted by Crippen LogP contribution is -2.42. The molecule has 2 unspecified atom stereocenters. The number of benzene rings is 1. The van der Waals surface area contributed by atoms with Crippen LogP contribution in [-0.2, 0) is 10.8 Å². The van der Waals surface area contributed by atoms with Gasteiger partial charge in [0.1, 0.15) is 0 Å². The van der Waals surface area contributed by atoms with Gasteiger partial charge < -0.3 is 4.90 Å². The summed E-state index contributed by atoms with van der Waals surface area (Å²) in [5.74, 6) is 0.629. The van der Waals surface area contributed by atoms with Gasteiger partial charge in [0.25, 0.3) is 0 Å². The van der Waals surface area contributed by atoms with Crippen molar-refractivity contribution in [3.63, 3.8) is 0 Å². The van der Waals surface area contributed by atoms with Crippen molar-refractivity contribution in [3.05, 3.63) is 52.7 Å². The quantitative estimate of drug-likeness (QED) is 0.491. The zero-order valence-electron chi connectivity index (χ0n) is 20.8. The fraction of sp³-hybridized carbons (Fsp3) is 0.643. The molecule has 0 fully saturated rings. The molecule has 0 aliphatic heterocycles. The molecule has 2 atom stereocenters. The Morgan fingerprint density at radius 3 is 2.00 bits per heavy atom. The van der Waals surface area contributed by atoms with E-state index in [0.29, 0.717) is 5.92 Å². The monoisotopic (exact) mass is 393 g/mol. The minimum Gasteiger partial charge on any atom is -0.347 e. The van der Waals surface area contributed by atoms with E-state index in [2.05, 4.69) is 112 Å². The Labute approximate surface area is 180 Å². The normalized spacial score (nSPS) is 26.9. The summed E-state index contributed by atoms with van der Waals surface area (Å²) >= 11 is 0.